The Morgan fingerprint density at radius 1 is 0.929 bits per heavy atom. The van der Waals surface area contributed by atoms with E-state index in [9.17, 15) is 25.2 Å². The fourth-order valence-electron chi connectivity index (χ4n) is 2.82. The number of aliphatic hydroxyl groups is 3. The van der Waals surface area contributed by atoms with Gasteiger partial charge in [-0.3, -0.25) is 4.79 Å². The van der Waals surface area contributed by atoms with E-state index in [0.717, 1.165) is 16.7 Å². The molecule has 28 heavy (non-hydrogen) atoms. The van der Waals surface area contributed by atoms with Gasteiger partial charge in [0.1, 0.15) is 12.4 Å². The van der Waals surface area contributed by atoms with Gasteiger partial charge in [-0.2, -0.15) is 0 Å². The predicted molar refractivity (Wildman–Crippen MR) is 109 cm³/mol. The molecule has 1 aromatic carbocycles. The number of aliphatic hydroxyl groups excluding tert-OH is 3. The van der Waals surface area contributed by atoms with E-state index in [0.29, 0.717) is 0 Å². The summed E-state index contributed by atoms with van der Waals surface area (Å²) in [5, 5.41) is 39.0. The van der Waals surface area contributed by atoms with Gasteiger partial charge in [-0.05, 0) is 34.4 Å². The number of carbonyl (C=O) groups excluding carboxylic acids is 1. The lowest BCUT2D eigenvalue weighted by Crippen LogP contribution is -2.39. The van der Waals surface area contributed by atoms with Crippen LogP contribution in [0.15, 0.2) is 12.1 Å². The van der Waals surface area contributed by atoms with E-state index in [1.165, 1.54) is 0 Å². The van der Waals surface area contributed by atoms with Gasteiger partial charge >= 0.3 is 5.97 Å². The van der Waals surface area contributed by atoms with Crippen molar-refractivity contribution < 1.29 is 30.0 Å². The smallest absolute Gasteiger partial charge is 0.313 e. The number of hydrogen-bond acceptors (Lipinski definition) is 6. The molecule has 0 saturated carbocycles. The summed E-state index contributed by atoms with van der Waals surface area (Å²) in [7, 11) is 0. The maximum Gasteiger partial charge on any atom is 0.313 e. The van der Waals surface area contributed by atoms with Crippen LogP contribution in [0.3, 0.4) is 0 Å². The Morgan fingerprint density at radius 3 is 1.64 bits per heavy atom. The summed E-state index contributed by atoms with van der Waals surface area (Å²) in [5.74, 6) is -0.897. The molecule has 1 rings (SSSR count). The normalized spacial score (nSPS) is 14.1. The van der Waals surface area contributed by atoms with E-state index in [1.807, 2.05) is 53.7 Å². The molecule has 1 aromatic rings. The number of carbonyl (C=O) groups is 1. The molecule has 0 heterocycles. The van der Waals surface area contributed by atoms with Crippen LogP contribution in [-0.2, 0) is 20.4 Å². The van der Waals surface area contributed by atoms with E-state index in [-0.39, 0.29) is 23.2 Å². The number of aromatic hydroxyl groups is 1. The Labute approximate surface area is 168 Å². The van der Waals surface area contributed by atoms with Gasteiger partial charge in [-0.25, -0.2) is 0 Å². The summed E-state index contributed by atoms with van der Waals surface area (Å²) >= 11 is 0. The second kappa shape index (κ2) is 8.80. The standard InChI is InChI=1S/C22H36O6/c1-14(19(27)28-13-22(10-23,11-24)12-25)15-8-16(20(2,3)4)18(26)17(9-15)21(5,6)7/h8-9,14,23-26H,10-13H2,1-7H3. The maximum atomic E-state index is 12.6. The second-order valence-corrected chi connectivity index (χ2v) is 9.77. The van der Waals surface area contributed by atoms with Crippen LogP contribution in [0.4, 0.5) is 0 Å². The van der Waals surface area contributed by atoms with Crippen LogP contribution in [-0.4, -0.2) is 52.8 Å². The molecule has 0 aliphatic heterocycles. The fourth-order valence-corrected chi connectivity index (χ4v) is 2.82. The molecule has 0 aromatic heterocycles. The van der Waals surface area contributed by atoms with Crippen molar-refractivity contribution in [3.05, 3.63) is 28.8 Å². The van der Waals surface area contributed by atoms with Gasteiger partial charge < -0.3 is 25.2 Å². The molecule has 1 unspecified atom stereocenters. The molecule has 160 valence electrons. The van der Waals surface area contributed by atoms with Crippen molar-refractivity contribution in [1.29, 1.82) is 0 Å². The Bertz CT molecular complexity index is 634. The number of rotatable bonds is 7. The Morgan fingerprint density at radius 2 is 1.32 bits per heavy atom. The summed E-state index contributed by atoms with van der Waals surface area (Å²) < 4.78 is 5.30. The molecule has 4 N–H and O–H groups in total. The van der Waals surface area contributed by atoms with Gasteiger partial charge in [0, 0.05) is 0 Å². The quantitative estimate of drug-likeness (QED) is 0.528. The zero-order chi connectivity index (χ0) is 21.9. The van der Waals surface area contributed by atoms with E-state index in [4.69, 9.17) is 4.74 Å². The number of benzene rings is 1. The summed E-state index contributed by atoms with van der Waals surface area (Å²) in [4.78, 5) is 12.6. The van der Waals surface area contributed by atoms with Crippen molar-refractivity contribution in [2.75, 3.05) is 26.4 Å². The van der Waals surface area contributed by atoms with Crippen LogP contribution in [0, 0.1) is 5.41 Å². The van der Waals surface area contributed by atoms with Gasteiger partial charge in [0.25, 0.3) is 0 Å². The zero-order valence-electron chi connectivity index (χ0n) is 18.2. The minimum atomic E-state index is -1.27. The number of ether oxygens (including phenoxy) is 1. The molecule has 0 aliphatic carbocycles. The summed E-state index contributed by atoms with van der Waals surface area (Å²) in [6.45, 7) is 11.9. The molecule has 0 radical (unpaired) electrons. The van der Waals surface area contributed by atoms with Crippen LogP contribution in [0.25, 0.3) is 0 Å². The Hall–Kier alpha value is -1.63. The minimum absolute atomic E-state index is 0.240. The first kappa shape index (κ1) is 24.4. The molecule has 0 saturated heterocycles. The maximum absolute atomic E-state index is 12.6. The third kappa shape index (κ3) is 5.46. The molecule has 0 fully saturated rings. The largest absolute Gasteiger partial charge is 0.507 e. The van der Waals surface area contributed by atoms with Crippen LogP contribution in [0.5, 0.6) is 5.75 Å². The Balaban J connectivity index is 3.26. The average molecular weight is 397 g/mol. The number of phenols is 1. The molecule has 1 atom stereocenters. The van der Waals surface area contributed by atoms with Crippen molar-refractivity contribution in [3.8, 4) is 5.75 Å². The van der Waals surface area contributed by atoms with E-state index in [1.54, 1.807) is 6.92 Å². The van der Waals surface area contributed by atoms with Crippen LogP contribution >= 0.6 is 0 Å². The first-order valence-electron chi connectivity index (χ1n) is 9.59. The van der Waals surface area contributed by atoms with Crippen molar-refractivity contribution in [2.45, 2.75) is 65.2 Å². The van der Waals surface area contributed by atoms with Crippen LogP contribution in [0.2, 0.25) is 0 Å². The lowest BCUT2D eigenvalue weighted by Gasteiger charge is -2.30. The highest BCUT2D eigenvalue weighted by molar-refractivity contribution is 5.78. The van der Waals surface area contributed by atoms with E-state index < -0.39 is 37.1 Å². The summed E-state index contributed by atoms with van der Waals surface area (Å²) in [6, 6.07) is 3.65. The predicted octanol–water partition coefficient (Wildman–Crippen LogP) is 2.60. The third-order valence-electron chi connectivity index (χ3n) is 5.13. The second-order valence-electron chi connectivity index (χ2n) is 9.77. The minimum Gasteiger partial charge on any atom is -0.507 e. The molecule has 0 bridgehead atoms. The summed E-state index contributed by atoms with van der Waals surface area (Å²) in [6.07, 6.45) is 0. The van der Waals surface area contributed by atoms with Crippen molar-refractivity contribution >= 4 is 5.97 Å². The lowest BCUT2D eigenvalue weighted by molar-refractivity contribution is -0.152. The number of hydrogen-bond donors (Lipinski definition) is 4. The Kier molecular flexibility index (Phi) is 7.67. The van der Waals surface area contributed by atoms with Crippen molar-refractivity contribution in [1.82, 2.24) is 0 Å². The fraction of sp³-hybridized carbons (Fsp3) is 0.682. The lowest BCUT2D eigenvalue weighted by atomic mass is 9.77. The SMILES string of the molecule is CC(C(=O)OCC(CO)(CO)CO)c1cc(C(C)(C)C)c(O)c(C(C)(C)C)c1. The molecule has 0 amide bonds. The van der Waals surface area contributed by atoms with Gasteiger partial charge in [0.05, 0.1) is 31.2 Å². The molecule has 0 aliphatic rings. The van der Waals surface area contributed by atoms with Crippen LogP contribution < -0.4 is 0 Å². The number of esters is 1. The van der Waals surface area contributed by atoms with Crippen molar-refractivity contribution in [2.24, 2.45) is 5.41 Å². The number of phenolic OH excluding ortho intramolecular Hbond substituents is 1. The highest BCUT2D eigenvalue weighted by Gasteiger charge is 2.32. The molecule has 0 spiro atoms. The van der Waals surface area contributed by atoms with Gasteiger partial charge in [-0.1, -0.05) is 53.7 Å². The first-order chi connectivity index (χ1) is 12.7. The topological polar surface area (TPSA) is 107 Å². The van der Waals surface area contributed by atoms with E-state index >= 15 is 0 Å². The molecule has 6 nitrogen and oxygen atoms in total. The summed E-state index contributed by atoms with van der Waals surface area (Å²) in [5.41, 5.74) is 0.333. The van der Waals surface area contributed by atoms with Gasteiger partial charge in [0.2, 0.25) is 0 Å². The van der Waals surface area contributed by atoms with Gasteiger partial charge in [-0.15, -0.1) is 0 Å². The van der Waals surface area contributed by atoms with Crippen molar-refractivity contribution in [3.63, 3.8) is 0 Å². The molecule has 6 heteroatoms. The molecular formula is C22H36O6. The third-order valence-corrected chi connectivity index (χ3v) is 5.13. The van der Waals surface area contributed by atoms with E-state index in [2.05, 4.69) is 0 Å². The monoisotopic (exact) mass is 396 g/mol. The molecular weight excluding hydrogens is 360 g/mol. The highest BCUT2D eigenvalue weighted by Crippen LogP contribution is 2.41. The highest BCUT2D eigenvalue weighted by atomic mass is 16.5. The average Bonchev–Trinajstić information content (AvgIpc) is 2.60. The first-order valence-corrected chi connectivity index (χ1v) is 9.59. The van der Waals surface area contributed by atoms with Crippen LogP contribution in [0.1, 0.15) is 71.1 Å². The zero-order valence-corrected chi connectivity index (χ0v) is 18.2. The van der Waals surface area contributed by atoms with Gasteiger partial charge in [0.15, 0.2) is 0 Å².